The Hall–Kier alpha value is -9.04. The maximum absolute atomic E-state index is 6.49. The van der Waals surface area contributed by atoms with Gasteiger partial charge in [-0.1, -0.05) is 145 Å². The molecule has 69 heavy (non-hydrogen) atoms. The molecule has 7 heteroatoms. The van der Waals surface area contributed by atoms with Crippen LogP contribution in [0.15, 0.2) is 227 Å². The Kier molecular flexibility index (Phi) is 8.13. The molecule has 322 valence electrons. The number of fused-ring (bicyclic) bond motifs is 15. The molecule has 15 rings (SSSR count). The first kappa shape index (κ1) is 38.1. The predicted octanol–water partition coefficient (Wildman–Crippen LogP) is 18.2. The zero-order valence-electron chi connectivity index (χ0n) is 36.8. The van der Waals surface area contributed by atoms with Crippen LogP contribution in [0.5, 0.6) is 0 Å². The predicted molar refractivity (Wildman–Crippen MR) is 289 cm³/mol. The van der Waals surface area contributed by atoms with E-state index in [0.29, 0.717) is 0 Å². The molecule has 10 aromatic carbocycles. The van der Waals surface area contributed by atoms with Gasteiger partial charge < -0.3 is 8.83 Å². The average molecular weight is 901 g/mol. The van der Waals surface area contributed by atoms with Crippen LogP contribution in [0.25, 0.3) is 107 Å². The molecule has 0 aliphatic rings. The molecule has 0 bridgehead atoms. The van der Waals surface area contributed by atoms with Gasteiger partial charge in [0.25, 0.3) is 0 Å². The first-order chi connectivity index (χ1) is 34.2. The summed E-state index contributed by atoms with van der Waals surface area (Å²) in [5.41, 5.74) is 7.36. The second-order valence-electron chi connectivity index (χ2n) is 17.7. The molecule has 0 amide bonds. The quantitative estimate of drug-likeness (QED) is 0.155. The van der Waals surface area contributed by atoms with E-state index in [0.717, 1.165) is 120 Å². The van der Waals surface area contributed by atoms with Crippen molar-refractivity contribution in [3.8, 4) is 0 Å². The Morgan fingerprint density at radius 3 is 1.12 bits per heavy atom. The second kappa shape index (κ2) is 14.7. The normalized spacial score (nSPS) is 12.1. The highest BCUT2D eigenvalue weighted by Crippen LogP contribution is 2.47. The van der Waals surface area contributed by atoms with Crippen molar-refractivity contribution in [2.24, 2.45) is 0 Å². The van der Waals surface area contributed by atoms with E-state index in [1.54, 1.807) is 11.3 Å². The third-order valence-electron chi connectivity index (χ3n) is 13.8. The van der Waals surface area contributed by atoms with Crippen molar-refractivity contribution in [2.75, 3.05) is 9.80 Å². The summed E-state index contributed by atoms with van der Waals surface area (Å²) >= 11 is 1.62. The largest absolute Gasteiger partial charge is 0.456 e. The number of aromatic nitrogens is 2. The molecular formula is C62H36N4O2S. The summed E-state index contributed by atoms with van der Waals surface area (Å²) in [6.07, 6.45) is 0. The van der Waals surface area contributed by atoms with Gasteiger partial charge in [0.2, 0.25) is 0 Å². The Bertz CT molecular complexity index is 4310. The van der Waals surface area contributed by atoms with Crippen molar-refractivity contribution in [3.05, 3.63) is 218 Å². The summed E-state index contributed by atoms with van der Waals surface area (Å²) in [6, 6.07) is 77.3. The van der Waals surface area contributed by atoms with Crippen molar-refractivity contribution >= 4 is 153 Å². The number of para-hydroxylation sites is 2. The van der Waals surface area contributed by atoms with E-state index in [1.165, 1.54) is 21.5 Å². The van der Waals surface area contributed by atoms with Crippen LogP contribution >= 0.6 is 11.3 Å². The van der Waals surface area contributed by atoms with E-state index >= 15 is 0 Å². The smallest absolute Gasteiger partial charge is 0.139 e. The summed E-state index contributed by atoms with van der Waals surface area (Å²) in [5.74, 6) is 1.60. The molecule has 0 N–H and O–H groups in total. The lowest BCUT2D eigenvalue weighted by atomic mass is 9.99. The first-order valence-electron chi connectivity index (χ1n) is 23.1. The van der Waals surface area contributed by atoms with Gasteiger partial charge in [-0.3, -0.25) is 9.80 Å². The molecule has 0 radical (unpaired) electrons. The molecule has 6 nitrogen and oxygen atoms in total. The van der Waals surface area contributed by atoms with E-state index in [4.69, 9.17) is 18.8 Å². The van der Waals surface area contributed by atoms with Gasteiger partial charge in [-0.25, -0.2) is 9.97 Å². The molecule has 0 saturated heterocycles. The zero-order chi connectivity index (χ0) is 45.2. The number of pyridine rings is 2. The minimum absolute atomic E-state index is 0.800. The monoisotopic (exact) mass is 900 g/mol. The molecule has 0 atom stereocenters. The Morgan fingerprint density at radius 1 is 0.290 bits per heavy atom. The van der Waals surface area contributed by atoms with Crippen molar-refractivity contribution in [3.63, 3.8) is 0 Å². The fourth-order valence-electron chi connectivity index (χ4n) is 10.7. The van der Waals surface area contributed by atoms with Gasteiger partial charge in [0, 0.05) is 55.2 Å². The summed E-state index contributed by atoms with van der Waals surface area (Å²) in [6.45, 7) is 0. The lowest BCUT2D eigenvalue weighted by molar-refractivity contribution is 0.668. The van der Waals surface area contributed by atoms with E-state index < -0.39 is 0 Å². The van der Waals surface area contributed by atoms with Crippen LogP contribution in [0.2, 0.25) is 0 Å². The minimum atomic E-state index is 0.800. The maximum atomic E-state index is 6.49. The SMILES string of the molecule is c1ccc2c(c1)cc(N(c1ccc3c(c1)oc1ccccc13)c1ccc3c(n1)sc1nc(N(c4ccc5c(c4)oc4ccccc45)c4cc5ccccc5c5ccccc45)ccc13)c1ccccc12. The molecular weight excluding hydrogens is 865 g/mol. The highest BCUT2D eigenvalue weighted by molar-refractivity contribution is 7.25. The molecule has 0 spiro atoms. The summed E-state index contributed by atoms with van der Waals surface area (Å²) in [4.78, 5) is 17.5. The van der Waals surface area contributed by atoms with Gasteiger partial charge in [-0.15, -0.1) is 0 Å². The van der Waals surface area contributed by atoms with Gasteiger partial charge in [-0.05, 0) is 105 Å². The lowest BCUT2D eigenvalue weighted by Crippen LogP contribution is -2.12. The molecule has 0 fully saturated rings. The van der Waals surface area contributed by atoms with Crippen LogP contribution in [-0.4, -0.2) is 9.97 Å². The van der Waals surface area contributed by atoms with Crippen molar-refractivity contribution in [2.45, 2.75) is 0 Å². The highest BCUT2D eigenvalue weighted by Gasteiger charge is 2.24. The third-order valence-corrected chi connectivity index (χ3v) is 14.9. The summed E-state index contributed by atoms with van der Waals surface area (Å²) < 4.78 is 13.0. The van der Waals surface area contributed by atoms with Crippen LogP contribution in [0.4, 0.5) is 34.4 Å². The van der Waals surface area contributed by atoms with Crippen molar-refractivity contribution in [1.29, 1.82) is 0 Å². The fraction of sp³-hybridized carbons (Fsp3) is 0. The molecule has 0 saturated carbocycles. The van der Waals surface area contributed by atoms with Crippen LogP contribution in [0.3, 0.4) is 0 Å². The van der Waals surface area contributed by atoms with E-state index in [9.17, 15) is 0 Å². The van der Waals surface area contributed by atoms with Gasteiger partial charge in [0.05, 0.1) is 22.7 Å². The zero-order valence-corrected chi connectivity index (χ0v) is 37.6. The molecule has 0 aliphatic carbocycles. The van der Waals surface area contributed by atoms with Crippen LogP contribution < -0.4 is 9.80 Å². The van der Waals surface area contributed by atoms with Crippen LogP contribution in [-0.2, 0) is 0 Å². The fourth-order valence-corrected chi connectivity index (χ4v) is 11.7. The molecule has 0 aliphatic heterocycles. The van der Waals surface area contributed by atoms with Crippen molar-refractivity contribution in [1.82, 2.24) is 9.97 Å². The molecule has 0 unspecified atom stereocenters. The lowest BCUT2D eigenvalue weighted by Gasteiger charge is -2.26. The Balaban J connectivity index is 0.933. The topological polar surface area (TPSA) is 58.5 Å². The number of hydrogen-bond acceptors (Lipinski definition) is 7. The van der Waals surface area contributed by atoms with Crippen molar-refractivity contribution < 1.29 is 8.83 Å². The number of nitrogens with zero attached hydrogens (tertiary/aromatic N) is 4. The standard InChI is InChI=1S/C62H36N4O2S/c1-3-15-41-37(13-1)33-53(45-19-7-5-17-43(41)45)65(39-25-27-49-47-21-9-11-23-55(47)67-57(49)35-39)59-31-29-51-52-30-32-60(64-62(52)69-61(51)63-59)66(40-26-28-50-48-22-10-12-24-56(48)68-58(50)36-40)54-34-38-14-2-4-16-42(38)44-18-6-8-20-46(44)54/h1-36H. The Morgan fingerprint density at radius 2 is 0.652 bits per heavy atom. The number of hydrogen-bond donors (Lipinski definition) is 0. The first-order valence-corrected chi connectivity index (χ1v) is 23.9. The van der Waals surface area contributed by atoms with Gasteiger partial charge in [0.15, 0.2) is 0 Å². The summed E-state index contributed by atoms with van der Waals surface area (Å²) in [7, 11) is 0. The van der Waals surface area contributed by atoms with E-state index in [2.05, 4.69) is 204 Å². The molecule has 15 aromatic rings. The average Bonchev–Trinajstić information content (AvgIpc) is 4.09. The number of furan rings is 2. The highest BCUT2D eigenvalue weighted by atomic mass is 32.1. The number of thiophene rings is 1. The number of rotatable bonds is 6. The summed E-state index contributed by atoms with van der Waals surface area (Å²) in [5, 5.41) is 15.8. The molecule has 5 aromatic heterocycles. The van der Waals surface area contributed by atoms with Gasteiger partial charge in [-0.2, -0.15) is 0 Å². The molecule has 5 heterocycles. The van der Waals surface area contributed by atoms with E-state index in [-0.39, 0.29) is 0 Å². The second-order valence-corrected chi connectivity index (χ2v) is 18.7. The third kappa shape index (κ3) is 5.84. The number of anilines is 6. The number of benzene rings is 10. The van der Waals surface area contributed by atoms with Crippen LogP contribution in [0.1, 0.15) is 0 Å². The minimum Gasteiger partial charge on any atom is -0.456 e. The van der Waals surface area contributed by atoms with Gasteiger partial charge in [0.1, 0.15) is 43.6 Å². The maximum Gasteiger partial charge on any atom is 0.139 e. The van der Waals surface area contributed by atoms with Crippen LogP contribution in [0, 0.1) is 0 Å². The van der Waals surface area contributed by atoms with Gasteiger partial charge >= 0.3 is 0 Å². The van der Waals surface area contributed by atoms with E-state index in [1.807, 2.05) is 24.3 Å². The Labute approximate surface area is 398 Å².